The zero-order valence-electron chi connectivity index (χ0n) is 20.2. The predicted molar refractivity (Wildman–Crippen MR) is 127 cm³/mol. The Labute approximate surface area is 208 Å². The third-order valence-electron chi connectivity index (χ3n) is 8.03. The molecule has 11 nitrogen and oxygen atoms in total. The van der Waals surface area contributed by atoms with Gasteiger partial charge in [-0.05, 0) is 56.0 Å². The third-order valence-corrected chi connectivity index (χ3v) is 8.03. The summed E-state index contributed by atoms with van der Waals surface area (Å²) < 4.78 is 1.56. The largest absolute Gasteiger partial charge is 0.330 e. The number of hydrogen-bond donors (Lipinski definition) is 1. The highest BCUT2D eigenvalue weighted by Crippen LogP contribution is 2.32. The minimum absolute atomic E-state index is 0.0768. The molecule has 0 saturated carbocycles. The molecular formula is C25H29N7O4. The van der Waals surface area contributed by atoms with Gasteiger partial charge in [-0.3, -0.25) is 24.5 Å². The summed E-state index contributed by atoms with van der Waals surface area (Å²) in [7, 11) is 0. The van der Waals surface area contributed by atoms with E-state index in [0.717, 1.165) is 44.5 Å². The highest BCUT2D eigenvalue weighted by molar-refractivity contribution is 6.05. The van der Waals surface area contributed by atoms with Gasteiger partial charge in [0.25, 0.3) is 11.8 Å². The van der Waals surface area contributed by atoms with Gasteiger partial charge >= 0.3 is 0 Å². The molecule has 4 aliphatic heterocycles. The van der Waals surface area contributed by atoms with Crippen molar-refractivity contribution in [2.75, 3.05) is 19.6 Å². The zero-order chi connectivity index (χ0) is 25.0. The molecule has 2 bridgehead atoms. The fourth-order valence-corrected chi connectivity index (χ4v) is 6.09. The van der Waals surface area contributed by atoms with Crippen LogP contribution in [0.3, 0.4) is 0 Å². The van der Waals surface area contributed by atoms with Crippen molar-refractivity contribution in [2.45, 2.75) is 63.7 Å². The maximum atomic E-state index is 13.4. The van der Waals surface area contributed by atoms with E-state index in [-0.39, 0.29) is 42.8 Å². The molecule has 11 heteroatoms. The number of benzene rings is 1. The van der Waals surface area contributed by atoms with Crippen LogP contribution in [0.2, 0.25) is 0 Å². The summed E-state index contributed by atoms with van der Waals surface area (Å²) in [4.78, 5) is 56.1. The average Bonchev–Trinajstić information content (AvgIpc) is 3.55. The van der Waals surface area contributed by atoms with Gasteiger partial charge in [-0.2, -0.15) is 0 Å². The van der Waals surface area contributed by atoms with Gasteiger partial charge in [0.1, 0.15) is 6.04 Å². The van der Waals surface area contributed by atoms with E-state index in [0.29, 0.717) is 23.4 Å². The molecule has 0 spiro atoms. The average molecular weight is 492 g/mol. The second-order valence-corrected chi connectivity index (χ2v) is 10.1. The molecule has 1 aromatic heterocycles. The molecule has 5 heterocycles. The van der Waals surface area contributed by atoms with Crippen LogP contribution in [0.4, 0.5) is 0 Å². The van der Waals surface area contributed by atoms with Crippen molar-refractivity contribution in [2.24, 2.45) is 0 Å². The number of imide groups is 1. The number of nitrogens with one attached hydrogen (secondary N) is 1. The van der Waals surface area contributed by atoms with Crippen molar-refractivity contribution in [1.29, 1.82) is 0 Å². The fraction of sp³-hybridized carbons (Fsp3) is 0.520. The predicted octanol–water partition coefficient (Wildman–Crippen LogP) is 0.727. The number of nitrogens with zero attached hydrogens (tertiary/aromatic N) is 6. The van der Waals surface area contributed by atoms with E-state index in [1.54, 1.807) is 23.0 Å². The van der Waals surface area contributed by atoms with Gasteiger partial charge in [0.05, 0.1) is 11.9 Å². The molecule has 188 valence electrons. The number of likely N-dealkylation sites (tertiary alicyclic amines) is 1. The van der Waals surface area contributed by atoms with Crippen molar-refractivity contribution in [3.8, 4) is 5.69 Å². The molecule has 4 aliphatic rings. The highest BCUT2D eigenvalue weighted by atomic mass is 16.2. The standard InChI is InChI=1S/C25H29N7O4/c1-2-29-10-9-16-3-4-18(13-29)32(16)25(36)20-14-31(28-27-20)17-5-6-19-15(11-17)12-30(24(19)35)21-7-8-22(33)26-23(21)34/h5-6,11,14,16,18,21H,2-4,7-10,12-13H2,1H3,(H,26,33,34). The molecule has 0 aliphatic carbocycles. The van der Waals surface area contributed by atoms with Crippen molar-refractivity contribution >= 4 is 23.6 Å². The van der Waals surface area contributed by atoms with Gasteiger partial charge in [-0.25, -0.2) is 4.68 Å². The van der Waals surface area contributed by atoms with Crippen LogP contribution in [0.1, 0.15) is 65.4 Å². The van der Waals surface area contributed by atoms with Crippen molar-refractivity contribution in [1.82, 2.24) is 35.0 Å². The molecule has 0 radical (unpaired) electrons. The summed E-state index contributed by atoms with van der Waals surface area (Å²) in [5.41, 5.74) is 2.31. The van der Waals surface area contributed by atoms with E-state index in [2.05, 4.69) is 27.5 Å². The topological polar surface area (TPSA) is 121 Å². The third kappa shape index (κ3) is 3.78. The molecule has 1 aromatic carbocycles. The lowest BCUT2D eigenvalue weighted by Crippen LogP contribution is -2.52. The number of carbonyl (C=O) groups is 4. The first-order valence-electron chi connectivity index (χ1n) is 12.7. The zero-order valence-corrected chi connectivity index (χ0v) is 20.2. The highest BCUT2D eigenvalue weighted by Gasteiger charge is 2.41. The fourth-order valence-electron chi connectivity index (χ4n) is 6.09. The Morgan fingerprint density at radius 1 is 1.11 bits per heavy atom. The summed E-state index contributed by atoms with van der Waals surface area (Å²) in [5, 5.41) is 10.7. The SMILES string of the molecule is CCN1CCC2CCC(C1)N2C(=O)c1cn(-c2ccc3c(c2)CN(C2CCC(=O)NC2=O)C3=O)nn1. The van der Waals surface area contributed by atoms with Gasteiger partial charge in [0.15, 0.2) is 5.69 Å². The maximum Gasteiger partial charge on any atom is 0.276 e. The number of hydrogen-bond acceptors (Lipinski definition) is 7. The minimum Gasteiger partial charge on any atom is -0.330 e. The monoisotopic (exact) mass is 491 g/mol. The Bertz CT molecular complexity index is 1260. The molecule has 4 amide bonds. The number of likely N-dealkylation sites (N-methyl/N-ethyl adjacent to an activating group) is 1. The molecule has 36 heavy (non-hydrogen) atoms. The number of aromatic nitrogens is 3. The second-order valence-electron chi connectivity index (χ2n) is 10.1. The second kappa shape index (κ2) is 8.81. The molecule has 2 aromatic rings. The van der Waals surface area contributed by atoms with E-state index in [9.17, 15) is 19.2 Å². The first kappa shape index (κ1) is 22.8. The van der Waals surface area contributed by atoms with Crippen LogP contribution in [0.15, 0.2) is 24.4 Å². The molecule has 3 atom stereocenters. The van der Waals surface area contributed by atoms with E-state index in [4.69, 9.17) is 0 Å². The van der Waals surface area contributed by atoms with E-state index in [1.165, 1.54) is 4.90 Å². The Morgan fingerprint density at radius 3 is 2.75 bits per heavy atom. The van der Waals surface area contributed by atoms with Crippen LogP contribution >= 0.6 is 0 Å². The molecule has 6 rings (SSSR count). The molecular weight excluding hydrogens is 462 g/mol. The molecule has 3 saturated heterocycles. The van der Waals surface area contributed by atoms with Crippen LogP contribution in [-0.4, -0.2) is 91.1 Å². The molecule has 1 N–H and O–H groups in total. The summed E-state index contributed by atoms with van der Waals surface area (Å²) in [6.07, 6.45) is 5.22. The first-order chi connectivity index (χ1) is 17.4. The Balaban J connectivity index is 1.20. The normalized spacial score (nSPS) is 26.2. The lowest BCUT2D eigenvalue weighted by Gasteiger charge is -2.29. The maximum absolute atomic E-state index is 13.4. The number of carbonyl (C=O) groups excluding carboxylic acids is 4. The number of amides is 4. The minimum atomic E-state index is -0.658. The Kier molecular flexibility index (Phi) is 5.59. The summed E-state index contributed by atoms with van der Waals surface area (Å²) in [6.45, 7) is 5.33. The van der Waals surface area contributed by atoms with Crippen molar-refractivity contribution in [3.63, 3.8) is 0 Å². The lowest BCUT2D eigenvalue weighted by atomic mass is 10.0. The molecule has 3 fully saturated rings. The Hall–Kier alpha value is -3.60. The first-order valence-corrected chi connectivity index (χ1v) is 12.7. The number of fused-ring (bicyclic) bond motifs is 3. The van der Waals surface area contributed by atoms with E-state index >= 15 is 0 Å². The number of rotatable bonds is 4. The summed E-state index contributed by atoms with van der Waals surface area (Å²) in [5.74, 6) is -1.04. The lowest BCUT2D eigenvalue weighted by molar-refractivity contribution is -0.136. The smallest absolute Gasteiger partial charge is 0.276 e. The molecule has 3 unspecified atom stereocenters. The summed E-state index contributed by atoms with van der Waals surface area (Å²) in [6, 6.07) is 5.12. The van der Waals surface area contributed by atoms with Gasteiger partial charge < -0.3 is 14.7 Å². The Morgan fingerprint density at radius 2 is 1.94 bits per heavy atom. The van der Waals surface area contributed by atoms with Crippen LogP contribution < -0.4 is 5.32 Å². The number of piperidine rings is 1. The van der Waals surface area contributed by atoms with Gasteiger partial charge in [0, 0.05) is 43.7 Å². The van der Waals surface area contributed by atoms with Gasteiger partial charge in [-0.15, -0.1) is 5.10 Å². The summed E-state index contributed by atoms with van der Waals surface area (Å²) >= 11 is 0. The van der Waals surface area contributed by atoms with Crippen LogP contribution in [-0.2, 0) is 16.1 Å². The van der Waals surface area contributed by atoms with Crippen molar-refractivity contribution in [3.05, 3.63) is 41.2 Å². The van der Waals surface area contributed by atoms with Crippen LogP contribution in [0.5, 0.6) is 0 Å². The van der Waals surface area contributed by atoms with Crippen LogP contribution in [0, 0.1) is 0 Å². The van der Waals surface area contributed by atoms with Gasteiger partial charge in [-0.1, -0.05) is 12.1 Å². The quantitative estimate of drug-likeness (QED) is 0.626. The van der Waals surface area contributed by atoms with E-state index in [1.807, 2.05) is 11.0 Å². The van der Waals surface area contributed by atoms with E-state index < -0.39 is 11.9 Å². The van der Waals surface area contributed by atoms with Gasteiger partial charge in [0.2, 0.25) is 11.8 Å². The van der Waals surface area contributed by atoms with Crippen molar-refractivity contribution < 1.29 is 19.2 Å². The van der Waals surface area contributed by atoms with Crippen LogP contribution in [0.25, 0.3) is 5.69 Å².